The normalized spacial score (nSPS) is 20.1. The smallest absolute Gasteiger partial charge is 0.263 e. The van der Waals surface area contributed by atoms with Crippen molar-refractivity contribution in [1.29, 1.82) is 0 Å². The lowest BCUT2D eigenvalue weighted by Crippen LogP contribution is -2.60. The van der Waals surface area contributed by atoms with Gasteiger partial charge in [0.15, 0.2) is 5.78 Å². The van der Waals surface area contributed by atoms with Crippen molar-refractivity contribution in [2.75, 3.05) is 0 Å². The molecule has 3 aromatic carbocycles. The summed E-state index contributed by atoms with van der Waals surface area (Å²) in [6, 6.07) is 23.8. The molecule has 3 atom stereocenters. The largest absolute Gasteiger partial charge is 0.457 e. The Bertz CT molecular complexity index is 1310. The molecule has 0 spiro atoms. The Hall–Kier alpha value is -2.86. The van der Waals surface area contributed by atoms with Crippen molar-refractivity contribution < 1.29 is 14.3 Å². The Labute approximate surface area is 198 Å². The number of hydrogen-bond acceptors (Lipinski definition) is 4. The first kappa shape index (κ1) is 21.0. The van der Waals surface area contributed by atoms with Gasteiger partial charge in [-0.15, -0.1) is 22.9 Å². The van der Waals surface area contributed by atoms with E-state index >= 15 is 0 Å². The topological polar surface area (TPSA) is 55.4 Å². The highest BCUT2D eigenvalue weighted by Gasteiger charge is 2.50. The number of nitrogens with one attached hydrogen (secondary N) is 1. The molecule has 4 aromatic rings. The maximum absolute atomic E-state index is 13.0. The van der Waals surface area contributed by atoms with E-state index in [1.807, 2.05) is 78.9 Å². The van der Waals surface area contributed by atoms with E-state index in [2.05, 4.69) is 5.32 Å². The van der Waals surface area contributed by atoms with Gasteiger partial charge >= 0.3 is 0 Å². The van der Waals surface area contributed by atoms with E-state index in [9.17, 15) is 9.59 Å². The molecule has 1 aromatic heterocycles. The molecule has 1 aliphatic rings. The van der Waals surface area contributed by atoms with E-state index in [4.69, 9.17) is 27.9 Å². The van der Waals surface area contributed by atoms with E-state index < -0.39 is 11.4 Å². The van der Waals surface area contributed by atoms with Crippen LogP contribution < -0.4 is 10.1 Å². The van der Waals surface area contributed by atoms with Crippen molar-refractivity contribution in [3.63, 3.8) is 0 Å². The number of halogens is 2. The van der Waals surface area contributed by atoms with Crippen LogP contribution in [0.25, 0.3) is 10.1 Å². The van der Waals surface area contributed by atoms with Gasteiger partial charge in [0.25, 0.3) is 5.91 Å². The van der Waals surface area contributed by atoms with E-state index in [1.165, 1.54) is 11.3 Å². The van der Waals surface area contributed by atoms with Crippen molar-refractivity contribution in [3.05, 3.63) is 94.3 Å². The van der Waals surface area contributed by atoms with Crippen LogP contribution >= 0.6 is 34.5 Å². The molecule has 5 rings (SSSR count). The fourth-order valence-corrected chi connectivity index (χ4v) is 5.68. The van der Waals surface area contributed by atoms with Crippen LogP contribution in [-0.4, -0.2) is 23.1 Å². The molecule has 3 unspecified atom stereocenters. The summed E-state index contributed by atoms with van der Waals surface area (Å²) in [6.07, 6.45) is 0. The molecular formula is C25H17Cl2NO3S. The van der Waals surface area contributed by atoms with Crippen LogP contribution in [0.3, 0.4) is 0 Å². The van der Waals surface area contributed by atoms with Crippen molar-refractivity contribution in [3.8, 4) is 11.5 Å². The minimum absolute atomic E-state index is 0.190. The van der Waals surface area contributed by atoms with Gasteiger partial charge in [-0.2, -0.15) is 0 Å². The molecule has 1 saturated carbocycles. The predicted octanol–water partition coefficient (Wildman–Crippen LogP) is 6.42. The average Bonchev–Trinajstić information content (AvgIpc) is 3.15. The number of carbonyl (C=O) groups is 2. The number of hydrogen-bond donors (Lipinski definition) is 1. The Morgan fingerprint density at radius 3 is 2.34 bits per heavy atom. The maximum Gasteiger partial charge on any atom is 0.263 e. The van der Waals surface area contributed by atoms with Crippen LogP contribution in [0.1, 0.15) is 21.2 Å². The molecule has 4 nitrogen and oxygen atoms in total. The summed E-state index contributed by atoms with van der Waals surface area (Å²) in [5.74, 6) is 0.489. The second kappa shape index (κ2) is 8.58. The third-order valence-corrected chi connectivity index (χ3v) is 7.67. The Morgan fingerprint density at radius 2 is 1.62 bits per heavy atom. The van der Waals surface area contributed by atoms with Crippen LogP contribution in [0.2, 0.25) is 5.02 Å². The third kappa shape index (κ3) is 3.77. The average molecular weight is 482 g/mol. The molecule has 0 bridgehead atoms. The van der Waals surface area contributed by atoms with Crippen LogP contribution in [0, 0.1) is 0 Å². The fraction of sp³-hybridized carbons (Fsp3) is 0.120. The molecule has 0 saturated heterocycles. The van der Waals surface area contributed by atoms with E-state index in [-0.39, 0.29) is 17.6 Å². The maximum atomic E-state index is 13.0. The third-order valence-electron chi connectivity index (χ3n) is 5.51. The highest BCUT2D eigenvalue weighted by molar-refractivity contribution is 7.21. The number of benzene rings is 3. The molecule has 0 aliphatic heterocycles. The lowest BCUT2D eigenvalue weighted by Gasteiger charge is -2.40. The van der Waals surface area contributed by atoms with Gasteiger partial charge in [0.05, 0.1) is 11.1 Å². The van der Waals surface area contributed by atoms with Crippen molar-refractivity contribution in [2.24, 2.45) is 0 Å². The van der Waals surface area contributed by atoms with Gasteiger partial charge in [0, 0.05) is 16.0 Å². The quantitative estimate of drug-likeness (QED) is 0.334. The summed E-state index contributed by atoms with van der Waals surface area (Å²) >= 11 is 14.1. The van der Waals surface area contributed by atoms with Crippen molar-refractivity contribution in [1.82, 2.24) is 5.32 Å². The first-order valence-electron chi connectivity index (χ1n) is 10.0. The number of ketones is 1. The van der Waals surface area contributed by atoms with E-state index in [0.29, 0.717) is 21.4 Å². The SMILES string of the molecule is O=C(NC1C(=O)C(Cl)C1c1ccccc1)c1sc2ccc(Oc3ccccc3)cc2c1Cl. The van der Waals surface area contributed by atoms with Gasteiger partial charge in [0.2, 0.25) is 0 Å². The van der Waals surface area contributed by atoms with Crippen LogP contribution in [0.4, 0.5) is 0 Å². The number of alkyl halides is 1. The van der Waals surface area contributed by atoms with Crippen LogP contribution in [0.15, 0.2) is 78.9 Å². The highest BCUT2D eigenvalue weighted by atomic mass is 35.5. The number of ether oxygens (including phenoxy) is 1. The molecule has 1 fully saturated rings. The minimum Gasteiger partial charge on any atom is -0.457 e. The Balaban J connectivity index is 1.39. The first-order valence-corrected chi connectivity index (χ1v) is 11.6. The monoisotopic (exact) mass is 481 g/mol. The zero-order valence-corrected chi connectivity index (χ0v) is 19.0. The molecule has 7 heteroatoms. The van der Waals surface area contributed by atoms with Crippen LogP contribution in [-0.2, 0) is 4.79 Å². The van der Waals surface area contributed by atoms with Gasteiger partial charge in [-0.1, -0.05) is 60.1 Å². The number of carbonyl (C=O) groups excluding carboxylic acids is 2. The van der Waals surface area contributed by atoms with Gasteiger partial charge in [0.1, 0.15) is 21.8 Å². The highest BCUT2D eigenvalue weighted by Crippen LogP contribution is 2.41. The van der Waals surface area contributed by atoms with Gasteiger partial charge in [-0.05, 0) is 35.9 Å². The summed E-state index contributed by atoms with van der Waals surface area (Å²) in [6.45, 7) is 0. The fourth-order valence-electron chi connectivity index (χ4n) is 3.86. The van der Waals surface area contributed by atoms with Gasteiger partial charge in [-0.3, -0.25) is 9.59 Å². The molecule has 1 aliphatic carbocycles. The lowest BCUT2D eigenvalue weighted by atomic mass is 9.73. The Kier molecular flexibility index (Phi) is 5.64. The van der Waals surface area contributed by atoms with Crippen molar-refractivity contribution >= 4 is 56.3 Å². The summed E-state index contributed by atoms with van der Waals surface area (Å²) in [5.41, 5.74) is 0.919. The summed E-state index contributed by atoms with van der Waals surface area (Å²) in [7, 11) is 0. The first-order chi connectivity index (χ1) is 15.5. The molecule has 1 amide bonds. The molecular weight excluding hydrogens is 465 g/mol. The Morgan fingerprint density at radius 1 is 0.938 bits per heavy atom. The lowest BCUT2D eigenvalue weighted by molar-refractivity contribution is -0.127. The molecule has 0 radical (unpaired) electrons. The number of amides is 1. The number of thiophene rings is 1. The number of para-hydroxylation sites is 1. The molecule has 1 heterocycles. The summed E-state index contributed by atoms with van der Waals surface area (Å²) < 4.78 is 6.73. The van der Waals surface area contributed by atoms with Gasteiger partial charge < -0.3 is 10.1 Å². The van der Waals surface area contributed by atoms with E-state index in [1.54, 1.807) is 0 Å². The zero-order chi connectivity index (χ0) is 22.2. The molecule has 32 heavy (non-hydrogen) atoms. The number of fused-ring (bicyclic) bond motifs is 1. The minimum atomic E-state index is -0.675. The van der Waals surface area contributed by atoms with E-state index in [0.717, 1.165) is 15.6 Å². The molecule has 1 N–H and O–H groups in total. The second-order valence-corrected chi connectivity index (χ2v) is 9.41. The number of rotatable bonds is 5. The number of Topliss-reactive ketones (excluding diaryl/α,β-unsaturated/α-hetero) is 1. The van der Waals surface area contributed by atoms with Crippen molar-refractivity contribution in [2.45, 2.75) is 17.3 Å². The van der Waals surface area contributed by atoms with Gasteiger partial charge in [-0.25, -0.2) is 0 Å². The van der Waals surface area contributed by atoms with Crippen LogP contribution in [0.5, 0.6) is 11.5 Å². The predicted molar refractivity (Wildman–Crippen MR) is 128 cm³/mol. The standard InChI is InChI=1S/C25H17Cl2NO3S/c26-20-17-13-16(31-15-9-5-2-6-10-15)11-12-18(17)32-24(20)25(30)28-22-19(21(27)23(22)29)14-7-3-1-4-8-14/h1-13,19,21-22H,(H,28,30). The second-order valence-electron chi connectivity index (χ2n) is 7.51. The summed E-state index contributed by atoms with van der Waals surface area (Å²) in [5, 5.41) is 3.25. The zero-order valence-electron chi connectivity index (χ0n) is 16.6. The summed E-state index contributed by atoms with van der Waals surface area (Å²) in [4.78, 5) is 25.8. The molecule has 160 valence electrons.